The highest BCUT2D eigenvalue weighted by Gasteiger charge is 2.09. The Morgan fingerprint density at radius 1 is 1.00 bits per heavy atom. The average molecular weight is 364 g/mol. The van der Waals surface area contributed by atoms with Crippen LogP contribution in [0.1, 0.15) is 31.4 Å². The Labute approximate surface area is 154 Å². The lowest BCUT2D eigenvalue weighted by molar-refractivity contribution is 0.238. The zero-order valence-electron chi connectivity index (χ0n) is 14.8. The van der Waals surface area contributed by atoms with Crippen molar-refractivity contribution in [3.8, 4) is 11.5 Å². The molecule has 0 amide bonds. The van der Waals surface area contributed by atoms with Crippen molar-refractivity contribution in [2.24, 2.45) is 0 Å². The Hall–Kier alpha value is -1.75. The first kappa shape index (κ1) is 19.6. The third-order valence-corrected chi connectivity index (χ3v) is 4.18. The van der Waals surface area contributed by atoms with Crippen molar-refractivity contribution in [1.29, 1.82) is 0 Å². The average Bonchev–Trinajstić information content (AvgIpc) is 2.63. The molecule has 5 heteroatoms. The molecular formula is C20H26ClNO3. The smallest absolute Gasteiger partial charge is 0.161 e. The molecule has 136 valence electrons. The van der Waals surface area contributed by atoms with Gasteiger partial charge in [-0.1, -0.05) is 36.7 Å². The lowest BCUT2D eigenvalue weighted by atomic mass is 10.1. The van der Waals surface area contributed by atoms with Crippen molar-refractivity contribution >= 4 is 11.6 Å². The summed E-state index contributed by atoms with van der Waals surface area (Å²) in [5.74, 6) is 1.45. The Morgan fingerprint density at radius 3 is 2.36 bits per heavy atom. The molecule has 0 saturated carbocycles. The van der Waals surface area contributed by atoms with Gasteiger partial charge in [-0.2, -0.15) is 0 Å². The molecule has 2 aromatic carbocycles. The molecule has 0 aromatic heterocycles. The van der Waals surface area contributed by atoms with Gasteiger partial charge in [-0.05, 0) is 48.7 Å². The predicted octanol–water partition coefficient (Wildman–Crippen LogP) is 4.18. The number of rotatable bonds is 10. The fourth-order valence-corrected chi connectivity index (χ4v) is 2.52. The summed E-state index contributed by atoms with van der Waals surface area (Å²) in [4.78, 5) is 0. The van der Waals surface area contributed by atoms with Gasteiger partial charge in [0.2, 0.25) is 0 Å². The first-order valence-electron chi connectivity index (χ1n) is 8.63. The molecule has 0 aliphatic rings. The van der Waals surface area contributed by atoms with E-state index in [1.54, 1.807) is 0 Å². The molecular weight excluding hydrogens is 338 g/mol. The van der Waals surface area contributed by atoms with Crippen LogP contribution in [-0.4, -0.2) is 24.4 Å². The molecule has 0 aliphatic carbocycles. The fraction of sp³-hybridized carbons (Fsp3) is 0.400. The van der Waals surface area contributed by atoms with Crippen LogP contribution in [0.15, 0.2) is 42.5 Å². The maximum Gasteiger partial charge on any atom is 0.161 e. The number of hydrogen-bond acceptors (Lipinski definition) is 4. The summed E-state index contributed by atoms with van der Waals surface area (Å²) in [5, 5.41) is 13.3. The van der Waals surface area contributed by atoms with E-state index in [0.29, 0.717) is 24.8 Å². The Balaban J connectivity index is 2.03. The van der Waals surface area contributed by atoms with E-state index in [2.05, 4.69) is 5.32 Å². The molecule has 4 nitrogen and oxygen atoms in total. The molecule has 0 spiro atoms. The molecule has 0 fully saturated rings. The number of benzene rings is 2. The highest BCUT2D eigenvalue weighted by atomic mass is 35.5. The second kappa shape index (κ2) is 10.3. The number of halogens is 1. The number of aliphatic hydroxyl groups excluding tert-OH is 1. The minimum absolute atomic E-state index is 0.108. The number of hydrogen-bond donors (Lipinski definition) is 2. The van der Waals surface area contributed by atoms with Crippen LogP contribution < -0.4 is 14.8 Å². The van der Waals surface area contributed by atoms with Gasteiger partial charge >= 0.3 is 0 Å². The normalized spacial score (nSPS) is 12.0. The molecule has 0 saturated heterocycles. The highest BCUT2D eigenvalue weighted by molar-refractivity contribution is 6.30. The standard InChI is InChI=1S/C20H26ClNO3/c1-3-18(13-23)22-12-16-7-10-19(20(11-16)24-4-2)25-14-15-5-8-17(21)9-6-15/h5-11,18,22-23H,3-4,12-14H2,1-2H3. The summed E-state index contributed by atoms with van der Waals surface area (Å²) in [6.45, 7) is 5.84. The van der Waals surface area contributed by atoms with Crippen LogP contribution in [0.5, 0.6) is 11.5 Å². The highest BCUT2D eigenvalue weighted by Crippen LogP contribution is 2.29. The molecule has 2 aromatic rings. The summed E-state index contributed by atoms with van der Waals surface area (Å²) in [6.07, 6.45) is 0.886. The SMILES string of the molecule is CCOc1cc(CNC(CC)CO)ccc1OCc1ccc(Cl)cc1. The van der Waals surface area contributed by atoms with E-state index in [9.17, 15) is 5.11 Å². The maximum atomic E-state index is 9.27. The lowest BCUT2D eigenvalue weighted by Crippen LogP contribution is -2.31. The van der Waals surface area contributed by atoms with Gasteiger partial charge in [-0.3, -0.25) is 0 Å². The van der Waals surface area contributed by atoms with Crippen LogP contribution in [0.3, 0.4) is 0 Å². The van der Waals surface area contributed by atoms with E-state index < -0.39 is 0 Å². The second-order valence-corrected chi connectivity index (χ2v) is 6.23. The van der Waals surface area contributed by atoms with Crippen LogP contribution in [0, 0.1) is 0 Å². The van der Waals surface area contributed by atoms with E-state index in [4.69, 9.17) is 21.1 Å². The number of nitrogens with one attached hydrogen (secondary N) is 1. The summed E-state index contributed by atoms with van der Waals surface area (Å²) in [6, 6.07) is 13.6. The van der Waals surface area contributed by atoms with Crippen LogP contribution in [0.25, 0.3) is 0 Å². The Bertz CT molecular complexity index is 642. The number of ether oxygens (including phenoxy) is 2. The van der Waals surface area contributed by atoms with Gasteiger partial charge in [0.05, 0.1) is 13.2 Å². The first-order valence-corrected chi connectivity index (χ1v) is 9.01. The molecule has 2 rings (SSSR count). The molecule has 25 heavy (non-hydrogen) atoms. The maximum absolute atomic E-state index is 9.27. The molecule has 2 N–H and O–H groups in total. The van der Waals surface area contributed by atoms with Crippen LogP contribution in [-0.2, 0) is 13.2 Å². The van der Waals surface area contributed by atoms with E-state index in [-0.39, 0.29) is 12.6 Å². The van der Waals surface area contributed by atoms with Crippen molar-refractivity contribution in [2.75, 3.05) is 13.2 Å². The quantitative estimate of drug-likeness (QED) is 0.665. The molecule has 0 radical (unpaired) electrons. The minimum Gasteiger partial charge on any atom is -0.490 e. The predicted molar refractivity (Wildman–Crippen MR) is 101 cm³/mol. The van der Waals surface area contributed by atoms with Crippen LogP contribution in [0.4, 0.5) is 0 Å². The largest absolute Gasteiger partial charge is 0.490 e. The van der Waals surface area contributed by atoms with E-state index >= 15 is 0 Å². The third kappa shape index (κ3) is 6.24. The van der Waals surface area contributed by atoms with Crippen molar-refractivity contribution in [3.63, 3.8) is 0 Å². The van der Waals surface area contributed by atoms with Crippen molar-refractivity contribution < 1.29 is 14.6 Å². The summed E-state index contributed by atoms with van der Waals surface area (Å²) < 4.78 is 11.6. The van der Waals surface area contributed by atoms with Gasteiger partial charge in [0.1, 0.15) is 6.61 Å². The van der Waals surface area contributed by atoms with Crippen molar-refractivity contribution in [1.82, 2.24) is 5.32 Å². The zero-order chi connectivity index (χ0) is 18.1. The van der Waals surface area contributed by atoms with Crippen LogP contribution >= 0.6 is 11.6 Å². The monoisotopic (exact) mass is 363 g/mol. The summed E-state index contributed by atoms with van der Waals surface area (Å²) >= 11 is 5.90. The van der Waals surface area contributed by atoms with Gasteiger partial charge in [0.15, 0.2) is 11.5 Å². The first-order chi connectivity index (χ1) is 12.2. The Kier molecular flexibility index (Phi) is 8.06. The molecule has 0 aliphatic heterocycles. The van der Waals surface area contributed by atoms with Gasteiger partial charge in [-0.15, -0.1) is 0 Å². The van der Waals surface area contributed by atoms with Crippen molar-refractivity contribution in [3.05, 3.63) is 58.6 Å². The third-order valence-electron chi connectivity index (χ3n) is 3.92. The molecule has 1 atom stereocenters. The second-order valence-electron chi connectivity index (χ2n) is 5.80. The van der Waals surface area contributed by atoms with Gasteiger partial charge in [0.25, 0.3) is 0 Å². The molecule has 0 heterocycles. The number of aliphatic hydroxyl groups is 1. The van der Waals surface area contributed by atoms with Crippen LogP contribution in [0.2, 0.25) is 5.02 Å². The fourth-order valence-electron chi connectivity index (χ4n) is 2.39. The van der Waals surface area contributed by atoms with Gasteiger partial charge < -0.3 is 19.9 Å². The zero-order valence-corrected chi connectivity index (χ0v) is 15.6. The van der Waals surface area contributed by atoms with Crippen molar-refractivity contribution in [2.45, 2.75) is 39.5 Å². The molecule has 0 bridgehead atoms. The van der Waals surface area contributed by atoms with E-state index in [0.717, 1.165) is 29.0 Å². The summed E-state index contributed by atoms with van der Waals surface area (Å²) in [7, 11) is 0. The summed E-state index contributed by atoms with van der Waals surface area (Å²) in [5.41, 5.74) is 2.14. The van der Waals surface area contributed by atoms with Gasteiger partial charge in [-0.25, -0.2) is 0 Å². The van der Waals surface area contributed by atoms with Gasteiger partial charge in [0, 0.05) is 17.6 Å². The minimum atomic E-state index is 0.108. The van der Waals surface area contributed by atoms with E-state index in [1.165, 1.54) is 0 Å². The lowest BCUT2D eigenvalue weighted by Gasteiger charge is -2.16. The topological polar surface area (TPSA) is 50.7 Å². The van der Waals surface area contributed by atoms with E-state index in [1.807, 2.05) is 56.3 Å². The molecule has 1 unspecified atom stereocenters. The Morgan fingerprint density at radius 2 is 1.72 bits per heavy atom.